The van der Waals surface area contributed by atoms with Crippen LogP contribution in [0.3, 0.4) is 0 Å². The second-order valence-electron chi connectivity index (χ2n) is 4.55. The predicted octanol–water partition coefficient (Wildman–Crippen LogP) is 4.20. The Morgan fingerprint density at radius 1 is 0.850 bits per heavy atom. The molecule has 0 N–H and O–H groups in total. The lowest BCUT2D eigenvalue weighted by Gasteiger charge is -2.01. The van der Waals surface area contributed by atoms with Gasteiger partial charge in [-0.25, -0.2) is 9.97 Å². The number of aromatic nitrogens is 3. The van der Waals surface area contributed by atoms with Gasteiger partial charge in [0.1, 0.15) is 5.65 Å². The van der Waals surface area contributed by atoms with Crippen LogP contribution in [0, 0.1) is 0 Å². The van der Waals surface area contributed by atoms with Gasteiger partial charge in [0.15, 0.2) is 0 Å². The zero-order valence-corrected chi connectivity index (χ0v) is 11.2. The van der Waals surface area contributed by atoms with E-state index >= 15 is 0 Å². The van der Waals surface area contributed by atoms with Gasteiger partial charge in [0.25, 0.3) is 0 Å². The summed E-state index contributed by atoms with van der Waals surface area (Å²) in [6.07, 6.45) is 3.50. The van der Waals surface area contributed by atoms with Crippen LogP contribution in [-0.2, 0) is 0 Å². The highest BCUT2D eigenvalue weighted by molar-refractivity contribution is 6.29. The highest BCUT2D eigenvalue weighted by Crippen LogP contribution is 2.35. The van der Waals surface area contributed by atoms with E-state index < -0.39 is 0 Å². The Labute approximate surface area is 120 Å². The zero-order valence-electron chi connectivity index (χ0n) is 10.5. The molecule has 0 aliphatic rings. The molecule has 4 heteroatoms. The van der Waals surface area contributed by atoms with E-state index in [9.17, 15) is 0 Å². The van der Waals surface area contributed by atoms with Crippen LogP contribution in [-0.4, -0.2) is 14.4 Å². The molecule has 0 saturated heterocycles. The minimum Gasteiger partial charge on any atom is -0.268 e. The van der Waals surface area contributed by atoms with Gasteiger partial charge in [-0.15, -0.1) is 0 Å². The van der Waals surface area contributed by atoms with Gasteiger partial charge in [-0.05, 0) is 35.4 Å². The molecule has 4 aromatic rings. The number of fused-ring (bicyclic) bond motifs is 3. The minimum atomic E-state index is 0.424. The van der Waals surface area contributed by atoms with E-state index in [0.717, 1.165) is 27.7 Å². The fourth-order valence-electron chi connectivity index (χ4n) is 2.61. The van der Waals surface area contributed by atoms with Crippen LogP contribution in [0.4, 0.5) is 0 Å². The molecule has 3 aromatic heterocycles. The average molecular weight is 280 g/mol. The molecule has 0 bridgehead atoms. The molecule has 0 aliphatic carbocycles. The van der Waals surface area contributed by atoms with Gasteiger partial charge < -0.3 is 0 Å². The fraction of sp³-hybridized carbons (Fsp3) is 0. The van der Waals surface area contributed by atoms with Crippen molar-refractivity contribution in [1.29, 1.82) is 0 Å². The molecule has 0 spiro atoms. The second-order valence-corrected chi connectivity index (χ2v) is 4.89. The lowest BCUT2D eigenvalue weighted by molar-refractivity contribution is 1.10. The smallest absolute Gasteiger partial charge is 0.208 e. The molecule has 4 rings (SSSR count). The first-order valence-corrected chi connectivity index (χ1v) is 6.69. The normalized spacial score (nSPS) is 11.2. The van der Waals surface area contributed by atoms with Crippen molar-refractivity contribution in [3.05, 3.63) is 66.2 Å². The van der Waals surface area contributed by atoms with Crippen molar-refractivity contribution in [2.24, 2.45) is 0 Å². The molecule has 1 aromatic carbocycles. The van der Waals surface area contributed by atoms with Crippen LogP contribution in [0.1, 0.15) is 0 Å². The maximum Gasteiger partial charge on any atom is 0.208 e. The number of nitrogens with zero attached hydrogens (tertiary/aromatic N) is 3. The third-order valence-electron chi connectivity index (χ3n) is 3.43. The first kappa shape index (κ1) is 11.4. The summed E-state index contributed by atoms with van der Waals surface area (Å²) in [7, 11) is 0. The van der Waals surface area contributed by atoms with Gasteiger partial charge in [0.2, 0.25) is 5.28 Å². The van der Waals surface area contributed by atoms with Crippen molar-refractivity contribution in [2.75, 3.05) is 0 Å². The molecule has 0 aliphatic heterocycles. The number of rotatable bonds is 1. The van der Waals surface area contributed by atoms with Crippen molar-refractivity contribution in [2.45, 2.75) is 0 Å². The summed E-state index contributed by atoms with van der Waals surface area (Å²) in [5, 5.41) is 1.50. The number of hydrogen-bond donors (Lipinski definition) is 0. The number of hydrogen-bond acceptors (Lipinski definition) is 2. The molecule has 96 valence electrons. The molecule has 0 amide bonds. The lowest BCUT2D eigenvalue weighted by Crippen LogP contribution is -1.90. The van der Waals surface area contributed by atoms with Crippen molar-refractivity contribution in [3.63, 3.8) is 0 Å². The van der Waals surface area contributed by atoms with E-state index in [1.807, 2.05) is 34.7 Å². The quantitative estimate of drug-likeness (QED) is 0.489. The van der Waals surface area contributed by atoms with Gasteiger partial charge in [-0.3, -0.25) is 4.40 Å². The first-order valence-electron chi connectivity index (χ1n) is 6.31. The molecule has 0 fully saturated rings. The minimum absolute atomic E-state index is 0.424. The molecule has 3 nitrogen and oxygen atoms in total. The number of benzene rings is 1. The van der Waals surface area contributed by atoms with E-state index in [-0.39, 0.29) is 0 Å². The highest BCUT2D eigenvalue weighted by Gasteiger charge is 2.15. The van der Waals surface area contributed by atoms with E-state index in [1.165, 1.54) is 0 Å². The van der Waals surface area contributed by atoms with Crippen LogP contribution in [0.25, 0.3) is 27.7 Å². The summed E-state index contributed by atoms with van der Waals surface area (Å²) < 4.78 is 1.89. The Balaban J connectivity index is 2.26. The molecular weight excluding hydrogens is 270 g/mol. The summed E-state index contributed by atoms with van der Waals surface area (Å²) in [4.78, 5) is 8.61. The Morgan fingerprint density at radius 3 is 2.55 bits per heavy atom. The van der Waals surface area contributed by atoms with Crippen LogP contribution in [0.5, 0.6) is 0 Å². The molecule has 20 heavy (non-hydrogen) atoms. The molecule has 0 radical (unpaired) electrons. The number of halogens is 1. The van der Waals surface area contributed by atoms with Crippen LogP contribution in [0.2, 0.25) is 5.28 Å². The topological polar surface area (TPSA) is 30.2 Å². The highest BCUT2D eigenvalue weighted by atomic mass is 35.5. The molecule has 0 atom stereocenters. The third kappa shape index (κ3) is 1.53. The van der Waals surface area contributed by atoms with E-state index in [1.54, 1.807) is 12.4 Å². The van der Waals surface area contributed by atoms with Crippen molar-refractivity contribution in [3.8, 4) is 11.1 Å². The molecule has 3 heterocycles. The van der Waals surface area contributed by atoms with Gasteiger partial charge in [0.05, 0.1) is 5.52 Å². The largest absolute Gasteiger partial charge is 0.268 e. The van der Waals surface area contributed by atoms with Crippen LogP contribution < -0.4 is 0 Å². The Morgan fingerprint density at radius 2 is 1.70 bits per heavy atom. The summed E-state index contributed by atoms with van der Waals surface area (Å²) >= 11 is 6.25. The van der Waals surface area contributed by atoms with Crippen molar-refractivity contribution in [1.82, 2.24) is 14.4 Å². The Kier molecular flexibility index (Phi) is 2.47. The Hall–Kier alpha value is -2.39. The number of pyridine rings is 1. The summed E-state index contributed by atoms with van der Waals surface area (Å²) in [5.74, 6) is 0. The van der Waals surface area contributed by atoms with Gasteiger partial charge in [-0.2, -0.15) is 0 Å². The molecular formula is C16H10ClN3. The van der Waals surface area contributed by atoms with Crippen LogP contribution >= 0.6 is 11.6 Å². The Bertz CT molecular complexity index is 913. The monoisotopic (exact) mass is 279 g/mol. The summed E-state index contributed by atoms with van der Waals surface area (Å²) in [6.45, 7) is 0. The fourth-order valence-corrected chi connectivity index (χ4v) is 2.84. The maximum absolute atomic E-state index is 6.25. The summed E-state index contributed by atoms with van der Waals surface area (Å²) in [6, 6.07) is 16.2. The van der Waals surface area contributed by atoms with Gasteiger partial charge >= 0.3 is 0 Å². The lowest BCUT2D eigenvalue weighted by atomic mass is 10.0. The van der Waals surface area contributed by atoms with Gasteiger partial charge in [-0.1, -0.05) is 30.3 Å². The van der Waals surface area contributed by atoms with Gasteiger partial charge in [0, 0.05) is 23.3 Å². The SMILES string of the molecule is Clc1nccc2c(-c3ccccc3)c3cccnc3n12. The first-order chi connectivity index (χ1) is 9.86. The maximum atomic E-state index is 6.25. The van der Waals surface area contributed by atoms with E-state index in [4.69, 9.17) is 11.6 Å². The second kappa shape index (κ2) is 4.32. The molecule has 0 unspecified atom stereocenters. The summed E-state index contributed by atoms with van der Waals surface area (Å²) in [5.41, 5.74) is 4.14. The predicted molar refractivity (Wildman–Crippen MR) is 80.9 cm³/mol. The van der Waals surface area contributed by atoms with Crippen molar-refractivity contribution >= 4 is 28.2 Å². The van der Waals surface area contributed by atoms with Crippen molar-refractivity contribution < 1.29 is 0 Å². The average Bonchev–Trinajstić information content (AvgIpc) is 2.84. The van der Waals surface area contributed by atoms with Crippen LogP contribution in [0.15, 0.2) is 60.9 Å². The van der Waals surface area contributed by atoms with E-state index in [0.29, 0.717) is 5.28 Å². The molecule has 0 saturated carbocycles. The zero-order chi connectivity index (χ0) is 13.5. The standard InChI is InChI=1S/C16H10ClN3/c17-16-19-10-8-13-14(11-5-2-1-3-6-11)12-7-4-9-18-15(12)20(13)16/h1-10H. The third-order valence-corrected chi connectivity index (χ3v) is 3.69. The van der Waals surface area contributed by atoms with E-state index in [2.05, 4.69) is 28.2 Å².